The van der Waals surface area contributed by atoms with E-state index in [0.717, 1.165) is 5.56 Å². The third-order valence-electron chi connectivity index (χ3n) is 3.69. The van der Waals surface area contributed by atoms with Gasteiger partial charge in [0.2, 0.25) is 0 Å². The monoisotopic (exact) mass is 360 g/mol. The fourth-order valence-electron chi connectivity index (χ4n) is 2.32. The predicted molar refractivity (Wildman–Crippen MR) is 98.8 cm³/mol. The van der Waals surface area contributed by atoms with Crippen LogP contribution in [0.2, 0.25) is 5.02 Å². The van der Waals surface area contributed by atoms with Gasteiger partial charge in [0.25, 0.3) is 0 Å². The second kappa shape index (κ2) is 9.69. The average Bonchev–Trinajstić information content (AvgIpc) is 2.62. The molecule has 0 saturated heterocycles. The quantitative estimate of drug-likeness (QED) is 0.760. The molecule has 0 fully saturated rings. The number of nitrogens with one attached hydrogen (secondary N) is 1. The van der Waals surface area contributed by atoms with Crippen LogP contribution in [0.3, 0.4) is 0 Å². The second-order valence-corrected chi connectivity index (χ2v) is 5.93. The molecule has 2 aromatic carbocycles. The number of amides is 2. The zero-order valence-corrected chi connectivity index (χ0v) is 14.8. The summed E-state index contributed by atoms with van der Waals surface area (Å²) in [5.41, 5.74) is 1.74. The molecule has 0 aliphatic rings. The number of ether oxygens (including phenoxy) is 1. The van der Waals surface area contributed by atoms with Gasteiger partial charge in [0.05, 0.1) is 13.5 Å². The van der Waals surface area contributed by atoms with Crippen molar-refractivity contribution in [1.29, 1.82) is 0 Å². The van der Waals surface area contributed by atoms with Crippen molar-refractivity contribution < 1.29 is 14.3 Å². The summed E-state index contributed by atoms with van der Waals surface area (Å²) in [5, 5.41) is 3.36. The highest BCUT2D eigenvalue weighted by atomic mass is 35.5. The van der Waals surface area contributed by atoms with Gasteiger partial charge in [-0.15, -0.1) is 0 Å². The van der Waals surface area contributed by atoms with E-state index in [4.69, 9.17) is 11.6 Å². The maximum absolute atomic E-state index is 12.6. The third kappa shape index (κ3) is 6.47. The summed E-state index contributed by atoms with van der Waals surface area (Å²) in [5.74, 6) is -0.347. The number of esters is 1. The zero-order chi connectivity index (χ0) is 18.1. The molecule has 6 heteroatoms. The van der Waals surface area contributed by atoms with Gasteiger partial charge in [-0.3, -0.25) is 4.79 Å². The molecule has 2 rings (SSSR count). The average molecular weight is 361 g/mol. The van der Waals surface area contributed by atoms with Crippen LogP contribution >= 0.6 is 11.6 Å². The van der Waals surface area contributed by atoms with Crippen molar-refractivity contribution in [2.45, 2.75) is 12.8 Å². The highest BCUT2D eigenvalue weighted by Gasteiger charge is 2.15. The lowest BCUT2D eigenvalue weighted by Gasteiger charge is -2.23. The van der Waals surface area contributed by atoms with Gasteiger partial charge in [0.15, 0.2) is 0 Å². The standard InChI is InChI=1S/C19H21ClN2O3/c1-25-18(23)11-13-22(12-10-15-6-3-2-4-7-15)19(24)21-17-9-5-8-16(20)14-17/h2-9,14H,10-13H2,1H3,(H,21,24). The number of anilines is 1. The molecule has 5 nitrogen and oxygen atoms in total. The smallest absolute Gasteiger partial charge is 0.321 e. The van der Waals surface area contributed by atoms with Crippen molar-refractivity contribution in [3.63, 3.8) is 0 Å². The number of halogens is 1. The van der Waals surface area contributed by atoms with Gasteiger partial charge in [-0.1, -0.05) is 48.0 Å². The van der Waals surface area contributed by atoms with Crippen LogP contribution < -0.4 is 5.32 Å². The molecule has 2 amide bonds. The van der Waals surface area contributed by atoms with Crippen molar-refractivity contribution in [3.05, 3.63) is 65.2 Å². The zero-order valence-electron chi connectivity index (χ0n) is 14.1. The van der Waals surface area contributed by atoms with Crippen LogP contribution in [0.15, 0.2) is 54.6 Å². The lowest BCUT2D eigenvalue weighted by molar-refractivity contribution is -0.140. The lowest BCUT2D eigenvalue weighted by atomic mass is 10.1. The van der Waals surface area contributed by atoms with Gasteiger partial charge >= 0.3 is 12.0 Å². The first-order chi connectivity index (χ1) is 12.1. The van der Waals surface area contributed by atoms with E-state index in [9.17, 15) is 9.59 Å². The fourth-order valence-corrected chi connectivity index (χ4v) is 2.51. The molecule has 25 heavy (non-hydrogen) atoms. The number of benzene rings is 2. The first-order valence-electron chi connectivity index (χ1n) is 8.00. The van der Waals surface area contributed by atoms with Gasteiger partial charge < -0.3 is 15.0 Å². The Hall–Kier alpha value is -2.53. The van der Waals surface area contributed by atoms with Crippen LogP contribution in [0.25, 0.3) is 0 Å². The van der Waals surface area contributed by atoms with Crippen LogP contribution in [-0.4, -0.2) is 37.1 Å². The number of nitrogens with zero attached hydrogens (tertiary/aromatic N) is 1. The summed E-state index contributed by atoms with van der Waals surface area (Å²) in [6, 6.07) is 16.5. The van der Waals surface area contributed by atoms with Crippen LogP contribution in [0, 0.1) is 0 Å². The number of rotatable bonds is 7. The van der Waals surface area contributed by atoms with Crippen LogP contribution in [0.1, 0.15) is 12.0 Å². The van der Waals surface area contributed by atoms with Crippen molar-refractivity contribution in [1.82, 2.24) is 4.90 Å². The van der Waals surface area contributed by atoms with E-state index >= 15 is 0 Å². The number of urea groups is 1. The Kier molecular flexibility index (Phi) is 7.29. The van der Waals surface area contributed by atoms with Gasteiger partial charge in [0, 0.05) is 23.8 Å². The highest BCUT2D eigenvalue weighted by molar-refractivity contribution is 6.30. The number of carbonyl (C=O) groups excluding carboxylic acids is 2. The van der Waals surface area contributed by atoms with Crippen molar-refractivity contribution >= 4 is 29.3 Å². The van der Waals surface area contributed by atoms with Crippen LogP contribution in [0.4, 0.5) is 10.5 Å². The molecule has 0 saturated carbocycles. The Labute approximate surface area is 152 Å². The molecule has 0 unspecified atom stereocenters. The maximum atomic E-state index is 12.6. The minimum atomic E-state index is -0.347. The van der Waals surface area contributed by atoms with Gasteiger partial charge in [-0.2, -0.15) is 0 Å². The molecule has 0 heterocycles. The molecule has 0 aliphatic heterocycles. The van der Waals surface area contributed by atoms with E-state index in [0.29, 0.717) is 23.7 Å². The van der Waals surface area contributed by atoms with Crippen molar-refractivity contribution in [3.8, 4) is 0 Å². The lowest BCUT2D eigenvalue weighted by Crippen LogP contribution is -2.38. The Morgan fingerprint density at radius 3 is 2.52 bits per heavy atom. The van der Waals surface area contributed by atoms with E-state index in [2.05, 4.69) is 10.1 Å². The molecule has 132 valence electrons. The van der Waals surface area contributed by atoms with E-state index in [1.807, 2.05) is 30.3 Å². The number of hydrogen-bond donors (Lipinski definition) is 1. The van der Waals surface area contributed by atoms with E-state index < -0.39 is 0 Å². The highest BCUT2D eigenvalue weighted by Crippen LogP contribution is 2.15. The Morgan fingerprint density at radius 1 is 1.08 bits per heavy atom. The molecule has 0 aliphatic carbocycles. The van der Waals surface area contributed by atoms with Gasteiger partial charge in [0.1, 0.15) is 0 Å². The summed E-state index contributed by atoms with van der Waals surface area (Å²) in [6.45, 7) is 0.777. The Morgan fingerprint density at radius 2 is 1.84 bits per heavy atom. The minimum absolute atomic E-state index is 0.147. The molecular formula is C19H21ClN2O3. The molecule has 1 N–H and O–H groups in total. The van der Waals surface area contributed by atoms with Crippen LogP contribution in [-0.2, 0) is 16.0 Å². The molecule has 0 spiro atoms. The van der Waals surface area contributed by atoms with Crippen molar-refractivity contribution in [2.24, 2.45) is 0 Å². The van der Waals surface area contributed by atoms with Crippen LogP contribution in [0.5, 0.6) is 0 Å². The maximum Gasteiger partial charge on any atom is 0.321 e. The largest absolute Gasteiger partial charge is 0.469 e. The van der Waals surface area contributed by atoms with E-state index in [1.165, 1.54) is 7.11 Å². The summed E-state index contributed by atoms with van der Waals surface area (Å²) in [6.07, 6.45) is 0.846. The van der Waals surface area contributed by atoms with Gasteiger partial charge in [-0.05, 0) is 30.2 Å². The second-order valence-electron chi connectivity index (χ2n) is 5.49. The SMILES string of the molecule is COC(=O)CCN(CCc1ccccc1)C(=O)Nc1cccc(Cl)c1. The topological polar surface area (TPSA) is 58.6 Å². The normalized spacial score (nSPS) is 10.2. The Balaban J connectivity index is 2.01. The summed E-state index contributed by atoms with van der Waals surface area (Å²) >= 11 is 5.94. The number of carbonyl (C=O) groups is 2. The number of methoxy groups -OCH3 is 1. The number of hydrogen-bond acceptors (Lipinski definition) is 3. The third-order valence-corrected chi connectivity index (χ3v) is 3.92. The van der Waals surface area contributed by atoms with Gasteiger partial charge in [-0.25, -0.2) is 4.79 Å². The first kappa shape index (κ1) is 18.8. The summed E-state index contributed by atoms with van der Waals surface area (Å²) in [7, 11) is 1.34. The molecule has 0 bridgehead atoms. The summed E-state index contributed by atoms with van der Waals surface area (Å²) < 4.78 is 4.66. The predicted octanol–water partition coefficient (Wildman–Crippen LogP) is 3.98. The molecular weight excluding hydrogens is 340 g/mol. The fraction of sp³-hybridized carbons (Fsp3) is 0.263. The molecule has 0 radical (unpaired) electrons. The molecule has 2 aromatic rings. The van der Waals surface area contributed by atoms with E-state index in [-0.39, 0.29) is 25.0 Å². The molecule has 0 aromatic heterocycles. The van der Waals surface area contributed by atoms with Crippen molar-refractivity contribution in [2.75, 3.05) is 25.5 Å². The molecule has 0 atom stereocenters. The summed E-state index contributed by atoms with van der Waals surface area (Å²) in [4.78, 5) is 25.6. The van der Waals surface area contributed by atoms with E-state index in [1.54, 1.807) is 29.2 Å². The minimum Gasteiger partial charge on any atom is -0.469 e. The Bertz CT molecular complexity index is 707. The first-order valence-corrected chi connectivity index (χ1v) is 8.38.